The van der Waals surface area contributed by atoms with E-state index in [0.29, 0.717) is 23.4 Å². The molecule has 1 amide bonds. The monoisotopic (exact) mass is 375 g/mol. The van der Waals surface area contributed by atoms with E-state index in [1.165, 1.54) is 16.4 Å². The number of rotatable bonds is 8. The van der Waals surface area contributed by atoms with Crippen LogP contribution in [0.5, 0.6) is 0 Å². The number of nitrogen functional groups attached to an aromatic ring is 1. The molecule has 8 nitrogen and oxygen atoms in total. The van der Waals surface area contributed by atoms with Gasteiger partial charge >= 0.3 is 5.97 Å². The van der Waals surface area contributed by atoms with E-state index < -0.39 is 5.60 Å². The molecule has 1 heterocycles. The standard InChI is InChI=1S/C14H25N5O3S2/c1-6-18(7-2)10(20)8-23-12-16-17-13(19(12)15)24-9-11(21)22-14(3,4)5/h6-9,15H2,1-5H3. The first-order valence-electron chi connectivity index (χ1n) is 7.63. The highest BCUT2D eigenvalue weighted by molar-refractivity contribution is 8.00. The lowest BCUT2D eigenvalue weighted by molar-refractivity contribution is -0.151. The lowest BCUT2D eigenvalue weighted by atomic mass is 10.2. The highest BCUT2D eigenvalue weighted by atomic mass is 32.2. The van der Waals surface area contributed by atoms with Crippen molar-refractivity contribution in [3.63, 3.8) is 0 Å². The zero-order valence-electron chi connectivity index (χ0n) is 14.7. The molecule has 136 valence electrons. The minimum Gasteiger partial charge on any atom is -0.459 e. The molecule has 0 fully saturated rings. The Labute approximate surface area is 150 Å². The van der Waals surface area contributed by atoms with Gasteiger partial charge in [-0.25, -0.2) is 4.68 Å². The summed E-state index contributed by atoms with van der Waals surface area (Å²) in [4.78, 5) is 25.4. The lowest BCUT2D eigenvalue weighted by Gasteiger charge is -2.19. The van der Waals surface area contributed by atoms with E-state index in [2.05, 4.69) is 10.2 Å². The Kier molecular flexibility index (Phi) is 7.88. The van der Waals surface area contributed by atoms with E-state index in [1.807, 2.05) is 34.6 Å². The first-order chi connectivity index (χ1) is 11.2. The van der Waals surface area contributed by atoms with Crippen molar-refractivity contribution in [3.05, 3.63) is 0 Å². The average molecular weight is 376 g/mol. The van der Waals surface area contributed by atoms with Crippen molar-refractivity contribution in [2.45, 2.75) is 50.5 Å². The quantitative estimate of drug-likeness (QED) is 0.413. The second-order valence-corrected chi connectivity index (χ2v) is 7.75. The lowest BCUT2D eigenvalue weighted by Crippen LogP contribution is -2.32. The molecular formula is C14H25N5O3S2. The summed E-state index contributed by atoms with van der Waals surface area (Å²) in [6, 6.07) is 0. The Morgan fingerprint density at radius 2 is 1.62 bits per heavy atom. The number of esters is 1. The summed E-state index contributed by atoms with van der Waals surface area (Å²) < 4.78 is 6.51. The summed E-state index contributed by atoms with van der Waals surface area (Å²) >= 11 is 2.37. The molecule has 0 saturated carbocycles. The molecule has 0 aliphatic carbocycles. The minimum atomic E-state index is -0.528. The van der Waals surface area contributed by atoms with E-state index in [9.17, 15) is 9.59 Å². The number of hydrogen-bond acceptors (Lipinski definition) is 8. The molecule has 0 aromatic carbocycles. The summed E-state index contributed by atoms with van der Waals surface area (Å²) in [6.07, 6.45) is 0. The number of hydrogen-bond donors (Lipinski definition) is 1. The number of nitrogens with two attached hydrogens (primary N) is 1. The third-order valence-electron chi connectivity index (χ3n) is 2.81. The largest absolute Gasteiger partial charge is 0.459 e. The molecular weight excluding hydrogens is 350 g/mol. The third kappa shape index (κ3) is 6.60. The zero-order chi connectivity index (χ0) is 18.3. The van der Waals surface area contributed by atoms with Crippen molar-refractivity contribution in [1.82, 2.24) is 19.8 Å². The number of carbonyl (C=O) groups is 2. The van der Waals surface area contributed by atoms with Gasteiger partial charge in [-0.05, 0) is 34.6 Å². The normalized spacial score (nSPS) is 11.4. The van der Waals surface area contributed by atoms with Crippen molar-refractivity contribution >= 4 is 35.4 Å². The van der Waals surface area contributed by atoms with Gasteiger partial charge in [-0.15, -0.1) is 10.2 Å². The fourth-order valence-electron chi connectivity index (χ4n) is 1.75. The van der Waals surface area contributed by atoms with Gasteiger partial charge in [-0.3, -0.25) is 9.59 Å². The Bertz CT molecular complexity index is 567. The molecule has 24 heavy (non-hydrogen) atoms. The molecule has 0 radical (unpaired) electrons. The summed E-state index contributed by atoms with van der Waals surface area (Å²) in [7, 11) is 0. The number of carbonyl (C=O) groups excluding carboxylic acids is 2. The summed E-state index contributed by atoms with van der Waals surface area (Å²) in [5.74, 6) is 5.93. The van der Waals surface area contributed by atoms with Gasteiger partial charge in [0, 0.05) is 13.1 Å². The van der Waals surface area contributed by atoms with Crippen LogP contribution in [0.3, 0.4) is 0 Å². The van der Waals surface area contributed by atoms with E-state index in [1.54, 1.807) is 4.90 Å². The van der Waals surface area contributed by atoms with E-state index in [4.69, 9.17) is 10.6 Å². The molecule has 10 heteroatoms. The van der Waals surface area contributed by atoms with Gasteiger partial charge in [0.05, 0.1) is 11.5 Å². The van der Waals surface area contributed by atoms with E-state index in [-0.39, 0.29) is 23.4 Å². The smallest absolute Gasteiger partial charge is 0.316 e. The topological polar surface area (TPSA) is 103 Å². The van der Waals surface area contributed by atoms with Gasteiger partial charge in [0.25, 0.3) is 0 Å². The molecule has 0 saturated heterocycles. The van der Waals surface area contributed by atoms with Gasteiger partial charge in [-0.2, -0.15) is 0 Å². The number of thioether (sulfide) groups is 2. The van der Waals surface area contributed by atoms with Crippen LogP contribution in [0.15, 0.2) is 10.3 Å². The van der Waals surface area contributed by atoms with Gasteiger partial charge in [0.15, 0.2) is 0 Å². The molecule has 0 aliphatic heterocycles. The van der Waals surface area contributed by atoms with Crippen LogP contribution in [0.4, 0.5) is 0 Å². The summed E-state index contributed by atoms with van der Waals surface area (Å²) in [5, 5.41) is 8.74. The Hall–Kier alpha value is -1.42. The summed E-state index contributed by atoms with van der Waals surface area (Å²) in [6.45, 7) is 10.6. The predicted octanol–water partition coefficient (Wildman–Crippen LogP) is 1.39. The second-order valence-electron chi connectivity index (χ2n) is 5.86. The van der Waals surface area contributed by atoms with Crippen molar-refractivity contribution in [2.75, 3.05) is 30.4 Å². The highest BCUT2D eigenvalue weighted by Crippen LogP contribution is 2.21. The van der Waals surface area contributed by atoms with Crippen LogP contribution >= 0.6 is 23.5 Å². The maximum absolute atomic E-state index is 12.0. The molecule has 0 atom stereocenters. The second kappa shape index (κ2) is 9.16. The molecule has 0 aliphatic rings. The molecule has 0 bridgehead atoms. The maximum atomic E-state index is 12.0. The summed E-state index contributed by atoms with van der Waals surface area (Å²) in [5.41, 5.74) is -0.528. The van der Waals surface area contributed by atoms with Gasteiger partial charge < -0.3 is 15.5 Å². The zero-order valence-corrected chi connectivity index (χ0v) is 16.4. The van der Waals surface area contributed by atoms with Crippen molar-refractivity contribution in [1.29, 1.82) is 0 Å². The average Bonchev–Trinajstić information content (AvgIpc) is 2.83. The number of aromatic nitrogens is 3. The Balaban J connectivity index is 2.54. The van der Waals surface area contributed by atoms with Crippen LogP contribution in [-0.2, 0) is 14.3 Å². The first-order valence-corrected chi connectivity index (χ1v) is 9.60. The van der Waals surface area contributed by atoms with Crippen LogP contribution in [-0.4, -0.2) is 61.8 Å². The fraction of sp³-hybridized carbons (Fsp3) is 0.714. The Morgan fingerprint density at radius 3 is 2.08 bits per heavy atom. The van der Waals surface area contributed by atoms with Crippen molar-refractivity contribution in [3.8, 4) is 0 Å². The number of nitrogens with zero attached hydrogens (tertiary/aromatic N) is 4. The van der Waals surface area contributed by atoms with E-state index >= 15 is 0 Å². The molecule has 1 aromatic rings. The van der Waals surface area contributed by atoms with Crippen LogP contribution in [0.1, 0.15) is 34.6 Å². The van der Waals surface area contributed by atoms with Crippen LogP contribution in [0.2, 0.25) is 0 Å². The van der Waals surface area contributed by atoms with Crippen molar-refractivity contribution < 1.29 is 14.3 Å². The third-order valence-corrected chi connectivity index (χ3v) is 4.66. The van der Waals surface area contributed by atoms with Gasteiger partial charge in [0.2, 0.25) is 16.2 Å². The fourth-order valence-corrected chi connectivity index (χ4v) is 3.20. The van der Waals surface area contributed by atoms with Gasteiger partial charge in [-0.1, -0.05) is 23.5 Å². The SMILES string of the molecule is CCN(CC)C(=O)CSc1nnc(SCC(=O)OC(C)(C)C)n1N. The number of ether oxygens (including phenoxy) is 1. The Morgan fingerprint density at radius 1 is 1.12 bits per heavy atom. The van der Waals surface area contributed by atoms with Crippen LogP contribution in [0.25, 0.3) is 0 Å². The van der Waals surface area contributed by atoms with Crippen LogP contribution < -0.4 is 5.84 Å². The van der Waals surface area contributed by atoms with Crippen molar-refractivity contribution in [2.24, 2.45) is 0 Å². The van der Waals surface area contributed by atoms with Gasteiger partial charge in [0.1, 0.15) is 5.60 Å². The molecule has 0 unspecified atom stereocenters. The maximum Gasteiger partial charge on any atom is 0.316 e. The first kappa shape index (κ1) is 20.6. The molecule has 1 aromatic heterocycles. The van der Waals surface area contributed by atoms with E-state index in [0.717, 1.165) is 11.8 Å². The molecule has 2 N–H and O–H groups in total. The highest BCUT2D eigenvalue weighted by Gasteiger charge is 2.19. The molecule has 0 spiro atoms. The number of amides is 1. The predicted molar refractivity (Wildman–Crippen MR) is 95.4 cm³/mol. The minimum absolute atomic E-state index is 0.0240. The van der Waals surface area contributed by atoms with Crippen LogP contribution in [0, 0.1) is 0 Å². The molecule has 1 rings (SSSR count).